The first-order valence-electron chi connectivity index (χ1n) is 18.6. The van der Waals surface area contributed by atoms with Crippen molar-refractivity contribution in [2.75, 3.05) is 20.2 Å². The van der Waals surface area contributed by atoms with Crippen LogP contribution < -0.4 is 10.6 Å². The van der Waals surface area contributed by atoms with Gasteiger partial charge in [-0.25, -0.2) is 19.7 Å². The van der Waals surface area contributed by atoms with Gasteiger partial charge in [-0.15, -0.1) is 11.3 Å². The Labute approximate surface area is 317 Å². The summed E-state index contributed by atoms with van der Waals surface area (Å²) in [6.07, 6.45) is 6.28. The summed E-state index contributed by atoms with van der Waals surface area (Å²) >= 11 is 1.56. The van der Waals surface area contributed by atoms with Crippen LogP contribution in [0.2, 0.25) is 0 Å². The third kappa shape index (κ3) is 7.16. The highest BCUT2D eigenvalue weighted by molar-refractivity contribution is 7.18. The Morgan fingerprint density at radius 3 is 2.17 bits per heavy atom. The van der Waals surface area contributed by atoms with E-state index in [9.17, 15) is 19.2 Å². The molecular formula is C39H47N9O5S. The number of nitrogens with one attached hydrogen (secondary N) is 4. The van der Waals surface area contributed by atoms with E-state index in [1.54, 1.807) is 17.5 Å². The smallest absolute Gasteiger partial charge is 0.407 e. The van der Waals surface area contributed by atoms with E-state index in [1.165, 1.54) is 14.0 Å². The summed E-state index contributed by atoms with van der Waals surface area (Å²) in [5.74, 6) is 0.851. The van der Waals surface area contributed by atoms with Crippen molar-refractivity contribution in [1.82, 2.24) is 45.4 Å². The molecule has 0 bridgehead atoms. The summed E-state index contributed by atoms with van der Waals surface area (Å²) in [4.78, 5) is 77.0. The number of likely N-dealkylation sites (tertiary alicyclic amines) is 2. The molecule has 2 saturated heterocycles. The van der Waals surface area contributed by atoms with Crippen LogP contribution >= 0.6 is 11.3 Å². The van der Waals surface area contributed by atoms with Crippen molar-refractivity contribution in [3.8, 4) is 21.1 Å². The van der Waals surface area contributed by atoms with Crippen molar-refractivity contribution >= 4 is 57.0 Å². The molecule has 7 rings (SSSR count). The second-order valence-corrected chi connectivity index (χ2v) is 15.9. The highest BCUT2D eigenvalue weighted by atomic mass is 32.1. The molecule has 2 aromatic carbocycles. The first-order valence-corrected chi connectivity index (χ1v) is 19.4. The summed E-state index contributed by atoms with van der Waals surface area (Å²) in [6.45, 7) is 10.3. The number of hydrogen-bond donors (Lipinski definition) is 4. The molecule has 4 atom stereocenters. The van der Waals surface area contributed by atoms with Crippen molar-refractivity contribution < 1.29 is 23.9 Å². The number of rotatable bonds is 10. The molecule has 0 saturated carbocycles. The van der Waals surface area contributed by atoms with Gasteiger partial charge in [-0.05, 0) is 60.6 Å². The van der Waals surface area contributed by atoms with Crippen molar-refractivity contribution in [1.29, 1.82) is 0 Å². The summed E-state index contributed by atoms with van der Waals surface area (Å²) in [5.41, 5.74) is 3.55. The number of aromatic nitrogens is 5. The van der Waals surface area contributed by atoms with Gasteiger partial charge in [0, 0.05) is 31.6 Å². The van der Waals surface area contributed by atoms with E-state index in [0.29, 0.717) is 18.9 Å². The Balaban J connectivity index is 1.09. The van der Waals surface area contributed by atoms with Crippen LogP contribution in [0, 0.1) is 11.8 Å². The quantitative estimate of drug-likeness (QED) is 0.132. The number of carbonyl (C=O) groups is 4. The van der Waals surface area contributed by atoms with Crippen LogP contribution in [0.5, 0.6) is 0 Å². The molecule has 2 fully saturated rings. The number of amides is 4. The summed E-state index contributed by atoms with van der Waals surface area (Å²) in [7, 11) is 1.29. The molecule has 54 heavy (non-hydrogen) atoms. The lowest BCUT2D eigenvalue weighted by molar-refractivity contribution is -0.138. The van der Waals surface area contributed by atoms with E-state index in [4.69, 9.17) is 14.7 Å². The Morgan fingerprint density at radius 2 is 1.52 bits per heavy atom. The second kappa shape index (κ2) is 15.2. The predicted molar refractivity (Wildman–Crippen MR) is 206 cm³/mol. The molecule has 2 aliphatic heterocycles. The number of ether oxygens (including phenoxy) is 1. The normalized spacial score (nSPS) is 18.5. The average molecular weight is 754 g/mol. The molecule has 0 spiro atoms. The molecule has 2 aliphatic rings. The van der Waals surface area contributed by atoms with Crippen LogP contribution in [0.1, 0.15) is 84.0 Å². The lowest BCUT2D eigenvalue weighted by Crippen LogP contribution is -2.51. The highest BCUT2D eigenvalue weighted by Crippen LogP contribution is 2.38. The van der Waals surface area contributed by atoms with Gasteiger partial charge in [0.15, 0.2) is 0 Å². The third-order valence-electron chi connectivity index (χ3n) is 10.5. The molecule has 5 heterocycles. The number of methoxy groups -OCH3 is 1. The minimum Gasteiger partial charge on any atom is -0.453 e. The number of carbonyl (C=O) groups excluding carboxylic acids is 4. The topological polar surface area (TPSA) is 178 Å². The van der Waals surface area contributed by atoms with Crippen molar-refractivity contribution in [2.45, 2.75) is 84.5 Å². The minimum atomic E-state index is -0.697. The monoisotopic (exact) mass is 753 g/mol. The molecule has 5 aromatic rings. The van der Waals surface area contributed by atoms with Crippen molar-refractivity contribution in [3.05, 3.63) is 54.4 Å². The first-order chi connectivity index (χ1) is 25.9. The molecule has 0 radical (unpaired) electrons. The van der Waals surface area contributed by atoms with Gasteiger partial charge in [-0.1, -0.05) is 45.9 Å². The number of H-pyrrole nitrogens is 2. The van der Waals surface area contributed by atoms with Crippen LogP contribution in [-0.2, 0) is 19.1 Å². The fraction of sp³-hybridized carbons (Fsp3) is 0.462. The van der Waals surface area contributed by atoms with Gasteiger partial charge in [-0.3, -0.25) is 14.4 Å². The summed E-state index contributed by atoms with van der Waals surface area (Å²) in [5, 5.41) is 8.36. The van der Waals surface area contributed by atoms with Gasteiger partial charge >= 0.3 is 6.09 Å². The number of benzene rings is 2. The molecule has 4 amide bonds. The van der Waals surface area contributed by atoms with E-state index in [2.05, 4.69) is 49.9 Å². The number of alkyl carbamates (subject to hydrolysis) is 1. The number of imidazole rings is 2. The predicted octanol–water partition coefficient (Wildman–Crippen LogP) is 6.10. The van der Waals surface area contributed by atoms with Crippen LogP contribution in [-0.4, -0.2) is 90.8 Å². The lowest BCUT2D eigenvalue weighted by atomic mass is 10.0. The number of nitrogens with zero attached hydrogens (tertiary/aromatic N) is 5. The number of fused-ring (bicyclic) bond motifs is 3. The maximum Gasteiger partial charge on any atom is 0.407 e. The van der Waals surface area contributed by atoms with Crippen LogP contribution in [0.25, 0.3) is 42.9 Å². The molecule has 0 aliphatic carbocycles. The van der Waals surface area contributed by atoms with Gasteiger partial charge in [0.2, 0.25) is 17.7 Å². The minimum absolute atomic E-state index is 0.0385. The largest absolute Gasteiger partial charge is 0.453 e. The number of aromatic amines is 2. The van der Waals surface area contributed by atoms with E-state index < -0.39 is 18.2 Å². The molecule has 1 unspecified atom stereocenters. The van der Waals surface area contributed by atoms with E-state index in [-0.39, 0.29) is 41.6 Å². The molecule has 14 nitrogen and oxygen atoms in total. The molecule has 284 valence electrons. The zero-order valence-electron chi connectivity index (χ0n) is 31.4. The fourth-order valence-corrected chi connectivity index (χ4v) is 8.58. The molecule has 4 N–H and O–H groups in total. The number of hydrogen-bond acceptors (Lipinski definition) is 9. The van der Waals surface area contributed by atoms with Gasteiger partial charge in [0.05, 0.1) is 47.0 Å². The fourth-order valence-electron chi connectivity index (χ4n) is 7.70. The van der Waals surface area contributed by atoms with E-state index >= 15 is 0 Å². The lowest BCUT2D eigenvalue weighted by Gasteiger charge is -2.30. The van der Waals surface area contributed by atoms with Crippen molar-refractivity contribution in [3.63, 3.8) is 0 Å². The summed E-state index contributed by atoms with van der Waals surface area (Å²) in [6, 6.07) is 8.69. The van der Waals surface area contributed by atoms with Gasteiger partial charge in [0.1, 0.15) is 28.7 Å². The molecule has 15 heteroatoms. The molecular weight excluding hydrogens is 707 g/mol. The first kappa shape index (κ1) is 37.0. The third-order valence-corrected chi connectivity index (χ3v) is 11.6. The maximum atomic E-state index is 13.7. The average Bonchev–Trinajstić information content (AvgIpc) is 3.99. The Hall–Kier alpha value is -5.31. The van der Waals surface area contributed by atoms with Crippen LogP contribution in [0.3, 0.4) is 0 Å². The van der Waals surface area contributed by atoms with Crippen LogP contribution in [0.4, 0.5) is 4.79 Å². The standard InChI is InChI=1S/C39H47N9O5S/c1-20(2)31(42-22(5)49)37(50)47-15-7-9-28(47)34-40-18-27(44-34)36-41-19-30(54-36)24-11-13-25-23(17-24)12-14-26-33(25)45-35(43-26)29-10-8-16-48(29)38(51)32(21(3)4)46-39(52)53-6/h11-14,17-21,28-29,31-32H,7-10,15-16H2,1-6H3,(H,40,44)(H,42,49)(H,43,45)(H,46,52)/t28-,29-,31-,32?/m0/s1. The Bertz CT molecular complexity index is 2210. The zero-order valence-corrected chi connectivity index (χ0v) is 32.3. The Morgan fingerprint density at radius 1 is 0.852 bits per heavy atom. The van der Waals surface area contributed by atoms with Gasteiger partial charge in [0.25, 0.3) is 0 Å². The van der Waals surface area contributed by atoms with Crippen LogP contribution in [0.15, 0.2) is 42.7 Å². The Kier molecular flexibility index (Phi) is 10.4. The maximum absolute atomic E-state index is 13.7. The highest BCUT2D eigenvalue weighted by Gasteiger charge is 2.39. The number of thiazole rings is 1. The van der Waals surface area contributed by atoms with E-state index in [1.807, 2.05) is 49.8 Å². The summed E-state index contributed by atoms with van der Waals surface area (Å²) < 4.78 is 4.78. The van der Waals surface area contributed by atoms with Gasteiger partial charge < -0.3 is 35.1 Å². The second-order valence-electron chi connectivity index (χ2n) is 14.9. The zero-order chi connectivity index (χ0) is 38.3. The molecule has 3 aromatic heterocycles. The SMILES string of the molecule is COC(=O)NC(C(=O)N1CCC[C@H]1c1nc2c(ccc3cc(-c4cnc(-c5cnc([C@@H]6CCCN6C(=O)[C@@H](NC(C)=O)C(C)C)[nH]5)s4)ccc32)[nH]1)C(C)C. The van der Waals surface area contributed by atoms with Crippen molar-refractivity contribution in [2.24, 2.45) is 11.8 Å². The van der Waals surface area contributed by atoms with E-state index in [0.717, 1.165) is 74.5 Å². The van der Waals surface area contributed by atoms with Gasteiger partial charge in [-0.2, -0.15) is 0 Å².